The molecule has 0 saturated carbocycles. The molecule has 5 heteroatoms. The van der Waals surface area contributed by atoms with E-state index in [4.69, 9.17) is 9.47 Å². The minimum absolute atomic E-state index is 0.218. The summed E-state index contributed by atoms with van der Waals surface area (Å²) in [5.41, 5.74) is 2.99. The second-order valence-corrected chi connectivity index (χ2v) is 5.99. The quantitative estimate of drug-likeness (QED) is 0.388. The summed E-state index contributed by atoms with van der Waals surface area (Å²) in [7, 11) is 0. The largest absolute Gasteiger partial charge is 0.466 e. The number of allylic oxidation sites excluding steroid dienone is 1. The number of ether oxygens (including phenoxy) is 2. The van der Waals surface area contributed by atoms with Crippen LogP contribution in [-0.4, -0.2) is 25.2 Å². The maximum Gasteiger partial charge on any atom is 0.330 e. The molecule has 0 aromatic heterocycles. The van der Waals surface area contributed by atoms with Gasteiger partial charge in [-0.25, -0.2) is 4.79 Å². The second-order valence-electron chi connectivity index (χ2n) is 4.83. The normalized spacial score (nSPS) is 11.2. The van der Waals surface area contributed by atoms with Crippen molar-refractivity contribution in [3.63, 3.8) is 0 Å². The predicted octanol–water partition coefficient (Wildman–Crippen LogP) is 3.45. The van der Waals surface area contributed by atoms with Gasteiger partial charge < -0.3 is 9.47 Å². The third-order valence-electron chi connectivity index (χ3n) is 2.89. The minimum atomic E-state index is -0.311. The number of esters is 2. The maximum absolute atomic E-state index is 11.5. The Morgan fingerprint density at radius 1 is 1.14 bits per heavy atom. The second kappa shape index (κ2) is 9.61. The van der Waals surface area contributed by atoms with Crippen molar-refractivity contribution >= 4 is 34.5 Å². The van der Waals surface area contributed by atoms with Gasteiger partial charge in [-0.05, 0) is 67.0 Å². The van der Waals surface area contributed by atoms with Gasteiger partial charge in [-0.2, -0.15) is 0 Å². The highest BCUT2D eigenvalue weighted by Crippen LogP contribution is 2.18. The molecule has 0 spiro atoms. The average Bonchev–Trinajstić information content (AvgIpc) is 2.42. The molecule has 1 aromatic carbocycles. The maximum atomic E-state index is 11.5. The van der Waals surface area contributed by atoms with Crippen LogP contribution in [0.15, 0.2) is 29.8 Å². The fourth-order valence-electron chi connectivity index (χ4n) is 1.96. The first kappa shape index (κ1) is 18.7. The Kier molecular flexibility index (Phi) is 8.16. The first-order valence-electron chi connectivity index (χ1n) is 7.23. The Bertz CT molecular complexity index is 564. The zero-order valence-corrected chi connectivity index (χ0v) is 15.3. The van der Waals surface area contributed by atoms with Crippen LogP contribution < -0.4 is 0 Å². The van der Waals surface area contributed by atoms with Gasteiger partial charge in [0.1, 0.15) is 0 Å². The lowest BCUT2D eigenvalue weighted by Gasteiger charge is -2.08. The van der Waals surface area contributed by atoms with Gasteiger partial charge in [0.05, 0.1) is 19.6 Å². The molecule has 0 aliphatic rings. The van der Waals surface area contributed by atoms with E-state index in [2.05, 4.69) is 22.6 Å². The summed E-state index contributed by atoms with van der Waals surface area (Å²) in [6.07, 6.45) is 2.48. The van der Waals surface area contributed by atoms with Crippen LogP contribution in [0.25, 0.3) is 0 Å². The Morgan fingerprint density at radius 3 is 2.41 bits per heavy atom. The highest BCUT2D eigenvalue weighted by Gasteiger charge is 2.08. The summed E-state index contributed by atoms with van der Waals surface area (Å²) in [6, 6.07) is 5.88. The topological polar surface area (TPSA) is 52.6 Å². The van der Waals surface area contributed by atoms with E-state index in [1.54, 1.807) is 13.8 Å². The summed E-state index contributed by atoms with van der Waals surface area (Å²) in [4.78, 5) is 22.9. The van der Waals surface area contributed by atoms with Gasteiger partial charge in [0, 0.05) is 9.65 Å². The van der Waals surface area contributed by atoms with Gasteiger partial charge in [0.15, 0.2) is 0 Å². The van der Waals surface area contributed by atoms with E-state index < -0.39 is 0 Å². The lowest BCUT2D eigenvalue weighted by Crippen LogP contribution is -2.08. The third-order valence-corrected chi connectivity index (χ3v) is 3.90. The molecule has 0 radical (unpaired) electrons. The van der Waals surface area contributed by atoms with Crippen molar-refractivity contribution in [2.45, 2.75) is 33.6 Å². The molecule has 0 atom stereocenters. The molecule has 1 aromatic rings. The highest BCUT2D eigenvalue weighted by molar-refractivity contribution is 14.1. The third kappa shape index (κ3) is 6.60. The number of benzene rings is 1. The van der Waals surface area contributed by atoms with Crippen LogP contribution in [-0.2, 0) is 31.9 Å². The molecule has 1 rings (SSSR count). The highest BCUT2D eigenvalue weighted by atomic mass is 127. The molecule has 0 fully saturated rings. The van der Waals surface area contributed by atoms with Crippen LogP contribution in [0.4, 0.5) is 0 Å². The standard InChI is InChI=1S/C17H21IO4/c1-4-21-16(19)9-12(3)8-14-7-6-13(10-15(14)18)11-17(20)22-5-2/h6-7,9-10H,4-5,8,11H2,1-3H3. The predicted molar refractivity (Wildman–Crippen MR) is 93.6 cm³/mol. The fourth-order valence-corrected chi connectivity index (χ4v) is 2.73. The molecule has 0 saturated heterocycles. The molecule has 22 heavy (non-hydrogen) atoms. The van der Waals surface area contributed by atoms with E-state index in [1.807, 2.05) is 25.1 Å². The average molecular weight is 416 g/mol. The molecule has 0 amide bonds. The molecule has 0 bridgehead atoms. The summed E-state index contributed by atoms with van der Waals surface area (Å²) in [5.74, 6) is -0.529. The number of carbonyl (C=O) groups excluding carboxylic acids is 2. The van der Waals surface area contributed by atoms with Crippen molar-refractivity contribution in [1.82, 2.24) is 0 Å². The van der Waals surface area contributed by atoms with E-state index in [1.165, 1.54) is 6.08 Å². The van der Waals surface area contributed by atoms with Crippen molar-refractivity contribution in [2.24, 2.45) is 0 Å². The molecule has 0 N–H and O–H groups in total. The number of hydrogen-bond acceptors (Lipinski definition) is 4. The van der Waals surface area contributed by atoms with E-state index >= 15 is 0 Å². The number of halogens is 1. The van der Waals surface area contributed by atoms with Crippen LogP contribution >= 0.6 is 22.6 Å². The molecule has 0 unspecified atom stereocenters. The van der Waals surface area contributed by atoms with E-state index in [-0.39, 0.29) is 18.4 Å². The Labute approximate surface area is 145 Å². The van der Waals surface area contributed by atoms with Crippen molar-refractivity contribution in [3.8, 4) is 0 Å². The fraction of sp³-hybridized carbons (Fsp3) is 0.412. The van der Waals surface area contributed by atoms with Crippen LogP contribution in [0, 0.1) is 3.57 Å². The molecule has 4 nitrogen and oxygen atoms in total. The van der Waals surface area contributed by atoms with Crippen molar-refractivity contribution < 1.29 is 19.1 Å². The van der Waals surface area contributed by atoms with Crippen LogP contribution in [0.1, 0.15) is 31.9 Å². The molecule has 0 heterocycles. The van der Waals surface area contributed by atoms with E-state index in [0.717, 1.165) is 20.3 Å². The van der Waals surface area contributed by atoms with Gasteiger partial charge in [0.2, 0.25) is 0 Å². The summed E-state index contributed by atoms with van der Waals surface area (Å²) in [5, 5.41) is 0. The molecular formula is C17H21IO4. The minimum Gasteiger partial charge on any atom is -0.466 e. The first-order chi connectivity index (χ1) is 10.5. The number of hydrogen-bond donors (Lipinski definition) is 0. The van der Waals surface area contributed by atoms with Gasteiger partial charge in [-0.1, -0.05) is 17.7 Å². The van der Waals surface area contributed by atoms with E-state index in [0.29, 0.717) is 19.6 Å². The summed E-state index contributed by atoms with van der Waals surface area (Å²) < 4.78 is 10.9. The molecule has 0 aliphatic heterocycles. The molecular weight excluding hydrogens is 395 g/mol. The number of carbonyl (C=O) groups is 2. The molecule has 120 valence electrons. The summed E-state index contributed by atoms with van der Waals surface area (Å²) >= 11 is 2.24. The monoisotopic (exact) mass is 416 g/mol. The van der Waals surface area contributed by atoms with Crippen LogP contribution in [0.5, 0.6) is 0 Å². The first-order valence-corrected chi connectivity index (χ1v) is 8.31. The van der Waals surface area contributed by atoms with E-state index in [9.17, 15) is 9.59 Å². The summed E-state index contributed by atoms with van der Waals surface area (Å²) in [6.45, 7) is 6.25. The van der Waals surface area contributed by atoms with Crippen molar-refractivity contribution in [2.75, 3.05) is 13.2 Å². The van der Waals surface area contributed by atoms with Gasteiger partial charge in [0.25, 0.3) is 0 Å². The van der Waals surface area contributed by atoms with Crippen molar-refractivity contribution in [1.29, 1.82) is 0 Å². The Morgan fingerprint density at radius 2 is 1.82 bits per heavy atom. The van der Waals surface area contributed by atoms with Crippen molar-refractivity contribution in [3.05, 3.63) is 44.5 Å². The Hall–Kier alpha value is -1.37. The lowest BCUT2D eigenvalue weighted by molar-refractivity contribution is -0.142. The number of rotatable bonds is 7. The smallest absolute Gasteiger partial charge is 0.330 e. The SMILES string of the molecule is CCOC(=O)C=C(C)Cc1ccc(CC(=O)OCC)cc1I. The van der Waals surface area contributed by atoms with Gasteiger partial charge in [-0.3, -0.25) is 4.79 Å². The lowest BCUT2D eigenvalue weighted by atomic mass is 10.0. The van der Waals surface area contributed by atoms with Crippen LogP contribution in [0.3, 0.4) is 0 Å². The molecule has 0 aliphatic carbocycles. The zero-order chi connectivity index (χ0) is 16.5. The van der Waals surface area contributed by atoms with Gasteiger partial charge >= 0.3 is 11.9 Å². The Balaban J connectivity index is 2.73. The van der Waals surface area contributed by atoms with Crippen LogP contribution in [0.2, 0.25) is 0 Å². The van der Waals surface area contributed by atoms with Gasteiger partial charge in [-0.15, -0.1) is 0 Å². The zero-order valence-electron chi connectivity index (χ0n) is 13.1.